The van der Waals surface area contributed by atoms with E-state index in [1.807, 2.05) is 0 Å². The molecule has 3 aromatic rings. The molecule has 1 aromatic carbocycles. The Labute approximate surface area is 213 Å². The summed E-state index contributed by atoms with van der Waals surface area (Å²) in [5, 5.41) is 25.1. The minimum Gasteiger partial charge on any atom is -0.372 e. The second-order valence-corrected chi connectivity index (χ2v) is 10.6. The van der Waals surface area contributed by atoms with Gasteiger partial charge < -0.3 is 19.9 Å². The van der Waals surface area contributed by atoms with Crippen LogP contribution < -0.4 is 5.32 Å². The Bertz CT molecular complexity index is 1340. The lowest BCUT2D eigenvalue weighted by atomic mass is 9.67. The fourth-order valence-corrected chi connectivity index (χ4v) is 6.46. The van der Waals surface area contributed by atoms with Gasteiger partial charge in [0.05, 0.1) is 18.8 Å². The number of ether oxygens (including phenoxy) is 2. The number of carbonyl (C=O) groups excluding carboxylic acids is 1. The molecule has 37 heavy (non-hydrogen) atoms. The lowest BCUT2D eigenvalue weighted by Gasteiger charge is -2.47. The van der Waals surface area contributed by atoms with Crippen molar-refractivity contribution in [1.82, 2.24) is 35.4 Å². The van der Waals surface area contributed by atoms with Crippen LogP contribution in [0, 0.1) is 12.8 Å². The van der Waals surface area contributed by atoms with Crippen LogP contribution in [0.4, 0.5) is 0 Å². The van der Waals surface area contributed by atoms with Gasteiger partial charge >= 0.3 is 0 Å². The summed E-state index contributed by atoms with van der Waals surface area (Å²) in [5.74, 6) is 0.693. The van der Waals surface area contributed by atoms with Gasteiger partial charge in [-0.3, -0.25) is 9.69 Å². The van der Waals surface area contributed by atoms with Crippen LogP contribution in [0.1, 0.15) is 58.3 Å². The Morgan fingerprint density at radius 2 is 2.08 bits per heavy atom. The van der Waals surface area contributed by atoms with Crippen LogP contribution in [0.3, 0.4) is 0 Å². The van der Waals surface area contributed by atoms with Gasteiger partial charge in [0, 0.05) is 30.4 Å². The minimum atomic E-state index is -0.859. The van der Waals surface area contributed by atoms with Gasteiger partial charge in [0.1, 0.15) is 6.33 Å². The molecule has 0 radical (unpaired) electrons. The van der Waals surface area contributed by atoms with Crippen molar-refractivity contribution >= 4 is 5.91 Å². The zero-order valence-corrected chi connectivity index (χ0v) is 20.6. The van der Waals surface area contributed by atoms with Gasteiger partial charge in [-0.05, 0) is 77.8 Å². The summed E-state index contributed by atoms with van der Waals surface area (Å²) in [6.07, 6.45) is 6.06. The highest BCUT2D eigenvalue weighted by molar-refractivity contribution is 5.94. The van der Waals surface area contributed by atoms with Gasteiger partial charge in [-0.15, -0.1) is 5.10 Å². The number of hydrogen-bond donors (Lipinski definition) is 2. The Kier molecular flexibility index (Phi) is 5.19. The zero-order chi connectivity index (χ0) is 25.2. The van der Waals surface area contributed by atoms with Crippen LogP contribution in [0.2, 0.25) is 0 Å². The first-order valence-corrected chi connectivity index (χ1v) is 12.8. The fourth-order valence-electron chi connectivity index (χ4n) is 6.46. The lowest BCUT2D eigenvalue weighted by Crippen LogP contribution is -2.59. The van der Waals surface area contributed by atoms with Crippen molar-refractivity contribution in [1.29, 1.82) is 0 Å². The molecule has 11 heteroatoms. The Morgan fingerprint density at radius 1 is 1.22 bits per heavy atom. The van der Waals surface area contributed by atoms with Crippen LogP contribution >= 0.6 is 0 Å². The van der Waals surface area contributed by atoms with Crippen molar-refractivity contribution in [3.63, 3.8) is 0 Å². The number of nitrogens with zero attached hydrogens (tertiary/aromatic N) is 6. The highest BCUT2D eigenvalue weighted by Crippen LogP contribution is 2.53. The Morgan fingerprint density at radius 3 is 2.76 bits per heavy atom. The van der Waals surface area contributed by atoms with Gasteiger partial charge in [0.2, 0.25) is 12.0 Å². The number of carbonyl (C=O) groups is 1. The molecule has 11 nitrogen and oxygen atoms in total. The number of aliphatic hydroxyl groups excluding tert-OH is 1. The standard InChI is InChI=1S/C26H29N7O4/c1-16-20-14-36-13-18(20)3-5-21(16)26(24(35)37-26)32-10-7-19(12-32)25(8-2-9-25)29-23(34)17-4-6-22(27-11-17)33-15-28-30-31-33/h3-6,11,15,19,24,35H,2,7-10,12-14H2,1H3,(H,29,34)/t19?,24-,26?/m1/s1. The van der Waals surface area contributed by atoms with Gasteiger partial charge in [0.15, 0.2) is 5.82 Å². The van der Waals surface area contributed by atoms with E-state index in [4.69, 9.17) is 9.47 Å². The number of aromatic nitrogens is 5. The van der Waals surface area contributed by atoms with E-state index in [1.54, 1.807) is 18.3 Å². The molecule has 0 spiro atoms. The first kappa shape index (κ1) is 22.9. The first-order valence-electron chi connectivity index (χ1n) is 12.8. The molecule has 2 saturated heterocycles. The molecule has 1 saturated carbocycles. The predicted molar refractivity (Wildman–Crippen MR) is 129 cm³/mol. The third-order valence-electron chi connectivity index (χ3n) is 8.80. The lowest BCUT2D eigenvalue weighted by molar-refractivity contribution is 0.0568. The third kappa shape index (κ3) is 3.52. The monoisotopic (exact) mass is 503 g/mol. The molecule has 2 aromatic heterocycles. The SMILES string of the molecule is Cc1c(C2(N3CCC(C4(NC(=O)c5ccc(-n6cnnn6)nc5)CCC4)C3)O[C@H]2O)ccc2c1COC2. The molecule has 1 aliphatic carbocycles. The van der Waals surface area contributed by atoms with Crippen molar-refractivity contribution in [2.24, 2.45) is 5.92 Å². The number of epoxide rings is 1. The predicted octanol–water partition coefficient (Wildman–Crippen LogP) is 1.57. The molecule has 0 bridgehead atoms. The van der Waals surface area contributed by atoms with E-state index in [9.17, 15) is 9.90 Å². The number of likely N-dealkylation sites (tertiary alicyclic amines) is 1. The summed E-state index contributed by atoms with van der Waals surface area (Å²) in [6.45, 7) is 4.88. The molecule has 1 amide bonds. The van der Waals surface area contributed by atoms with Gasteiger partial charge in [-0.2, -0.15) is 4.68 Å². The van der Waals surface area contributed by atoms with E-state index < -0.39 is 12.0 Å². The fraction of sp³-hybridized carbons (Fsp3) is 0.500. The minimum absolute atomic E-state index is 0.124. The molecule has 2 unspecified atom stereocenters. The average molecular weight is 504 g/mol. The van der Waals surface area contributed by atoms with E-state index in [0.717, 1.165) is 49.9 Å². The summed E-state index contributed by atoms with van der Waals surface area (Å²) < 4.78 is 13.0. The molecule has 5 heterocycles. The van der Waals surface area contributed by atoms with Crippen molar-refractivity contribution in [3.8, 4) is 5.82 Å². The molecular formula is C26H29N7O4. The molecule has 4 aliphatic rings. The Hall–Kier alpha value is -3.25. The average Bonchev–Trinajstić information content (AvgIpc) is 3.44. The second kappa shape index (κ2) is 8.38. The van der Waals surface area contributed by atoms with Crippen molar-refractivity contribution in [3.05, 3.63) is 64.6 Å². The molecule has 3 fully saturated rings. The first-order chi connectivity index (χ1) is 18.0. The van der Waals surface area contributed by atoms with Crippen molar-refractivity contribution < 1.29 is 19.4 Å². The molecule has 2 N–H and O–H groups in total. The van der Waals surface area contributed by atoms with Gasteiger partial charge in [-0.1, -0.05) is 12.1 Å². The molecule has 192 valence electrons. The number of amides is 1. The second-order valence-electron chi connectivity index (χ2n) is 10.6. The summed E-state index contributed by atoms with van der Waals surface area (Å²) in [7, 11) is 0. The van der Waals surface area contributed by atoms with Crippen molar-refractivity contribution in [2.45, 2.75) is 63.4 Å². The highest BCUT2D eigenvalue weighted by Gasteiger charge is 2.65. The quantitative estimate of drug-likeness (QED) is 0.481. The molecule has 3 atom stereocenters. The molecule has 3 aliphatic heterocycles. The molecule has 7 rings (SSSR count). The van der Waals surface area contributed by atoms with Crippen LogP contribution in [0.15, 0.2) is 36.8 Å². The third-order valence-corrected chi connectivity index (χ3v) is 8.80. The number of benzene rings is 1. The van der Waals surface area contributed by atoms with E-state index in [0.29, 0.717) is 24.6 Å². The van der Waals surface area contributed by atoms with Gasteiger partial charge in [-0.25, -0.2) is 4.98 Å². The summed E-state index contributed by atoms with van der Waals surface area (Å²) >= 11 is 0. The van der Waals surface area contributed by atoms with Crippen LogP contribution in [-0.4, -0.2) is 66.0 Å². The summed E-state index contributed by atoms with van der Waals surface area (Å²) in [4.78, 5) is 19.8. The number of pyridine rings is 1. The normalized spacial score (nSPS) is 28.1. The van der Waals surface area contributed by atoms with E-state index >= 15 is 0 Å². The van der Waals surface area contributed by atoms with Crippen LogP contribution in [0.5, 0.6) is 0 Å². The highest BCUT2D eigenvalue weighted by atomic mass is 16.7. The summed E-state index contributed by atoms with van der Waals surface area (Å²) in [6, 6.07) is 7.66. The summed E-state index contributed by atoms with van der Waals surface area (Å²) in [5.41, 5.74) is 4.00. The maximum absolute atomic E-state index is 13.2. The largest absolute Gasteiger partial charge is 0.372 e. The Balaban J connectivity index is 1.08. The van der Waals surface area contributed by atoms with E-state index in [2.05, 4.69) is 49.8 Å². The smallest absolute Gasteiger partial charge is 0.253 e. The maximum Gasteiger partial charge on any atom is 0.253 e. The van der Waals surface area contributed by atoms with Crippen LogP contribution in [0.25, 0.3) is 5.82 Å². The number of aliphatic hydroxyl groups is 1. The van der Waals surface area contributed by atoms with Crippen molar-refractivity contribution in [2.75, 3.05) is 13.1 Å². The maximum atomic E-state index is 13.2. The van der Waals surface area contributed by atoms with E-state index in [1.165, 1.54) is 22.1 Å². The molecular weight excluding hydrogens is 474 g/mol. The van der Waals surface area contributed by atoms with Gasteiger partial charge in [0.25, 0.3) is 5.91 Å². The number of fused-ring (bicyclic) bond motifs is 1. The zero-order valence-electron chi connectivity index (χ0n) is 20.6. The number of rotatable bonds is 6. The van der Waals surface area contributed by atoms with Crippen LogP contribution in [-0.2, 0) is 28.4 Å². The van der Waals surface area contributed by atoms with E-state index in [-0.39, 0.29) is 17.4 Å². The number of hydrogen-bond acceptors (Lipinski definition) is 9. The number of nitrogens with one attached hydrogen (secondary N) is 1. The topological polar surface area (TPSA) is 131 Å². The number of tetrazole rings is 1.